The third kappa shape index (κ3) is 6.49. The van der Waals surface area contributed by atoms with Gasteiger partial charge >= 0.3 is 0 Å². The van der Waals surface area contributed by atoms with Crippen molar-refractivity contribution in [3.8, 4) is 0 Å². The van der Waals surface area contributed by atoms with Crippen molar-refractivity contribution in [2.45, 2.75) is 41.5 Å². The van der Waals surface area contributed by atoms with Gasteiger partial charge < -0.3 is 9.05 Å². The van der Waals surface area contributed by atoms with E-state index in [9.17, 15) is 0 Å². The normalized spacial score (nSPS) is 13.5. The van der Waals surface area contributed by atoms with E-state index >= 15 is 0 Å². The van der Waals surface area contributed by atoms with Gasteiger partial charge in [-0.05, 0) is 34.8 Å². The van der Waals surface area contributed by atoms with E-state index in [1.54, 1.807) is 0 Å². The summed E-state index contributed by atoms with van der Waals surface area (Å²) in [6.45, 7) is 11.6. The van der Waals surface area contributed by atoms with Gasteiger partial charge in [0, 0.05) is 5.30 Å². The van der Waals surface area contributed by atoms with Gasteiger partial charge in [0.25, 0.3) is 0 Å². The largest absolute Gasteiger partial charge is 0.325 e. The van der Waals surface area contributed by atoms with Crippen LogP contribution in [-0.2, 0) is 20.9 Å². The molecule has 0 spiro atoms. The highest BCUT2D eigenvalue weighted by Gasteiger charge is 2.27. The number of hydrogen-bond acceptors (Lipinski definition) is 3. The van der Waals surface area contributed by atoms with E-state index in [2.05, 4.69) is 41.5 Å². The van der Waals surface area contributed by atoms with Gasteiger partial charge in [-0.1, -0.05) is 59.7 Å². The predicted molar refractivity (Wildman–Crippen MR) is 91.2 cm³/mol. The minimum absolute atomic E-state index is 0.0733. The summed E-state index contributed by atoms with van der Waals surface area (Å²) in [5.41, 5.74) is 0.147. The molecule has 0 unspecified atom stereocenters. The summed E-state index contributed by atoms with van der Waals surface area (Å²) in [7, 11) is 0. The van der Waals surface area contributed by atoms with Crippen LogP contribution in [0, 0.1) is 10.8 Å². The molecule has 20 heavy (non-hydrogen) atoms. The van der Waals surface area contributed by atoms with Crippen molar-refractivity contribution >= 4 is 23.6 Å². The lowest BCUT2D eigenvalue weighted by Crippen LogP contribution is -2.21. The van der Waals surface area contributed by atoms with E-state index in [-0.39, 0.29) is 10.8 Å². The molecule has 1 aromatic rings. The highest BCUT2D eigenvalue weighted by atomic mass is 32.5. The van der Waals surface area contributed by atoms with Gasteiger partial charge in [-0.15, -0.1) is 0 Å². The van der Waals surface area contributed by atoms with E-state index in [4.69, 9.17) is 20.9 Å². The maximum absolute atomic E-state index is 6.08. The fourth-order valence-corrected chi connectivity index (χ4v) is 4.06. The minimum atomic E-state index is -2.43. The highest BCUT2D eigenvalue weighted by molar-refractivity contribution is 8.13. The summed E-state index contributed by atoms with van der Waals surface area (Å²) < 4.78 is 12.2. The number of hydrogen-bond donors (Lipinski definition) is 0. The van der Waals surface area contributed by atoms with Crippen LogP contribution in [0.2, 0.25) is 0 Å². The molecule has 0 aromatic heterocycles. The molecule has 1 rings (SSSR count). The molecule has 0 fully saturated rings. The van der Waals surface area contributed by atoms with Crippen molar-refractivity contribution in [3.05, 3.63) is 30.3 Å². The lowest BCUT2D eigenvalue weighted by Gasteiger charge is -2.29. The topological polar surface area (TPSA) is 18.5 Å². The summed E-state index contributed by atoms with van der Waals surface area (Å²) in [6, 6.07) is 9.96. The van der Waals surface area contributed by atoms with Crippen LogP contribution in [0.4, 0.5) is 0 Å². The molecule has 0 radical (unpaired) electrons. The lowest BCUT2D eigenvalue weighted by atomic mass is 9.99. The summed E-state index contributed by atoms with van der Waals surface area (Å²) in [5, 5.41) is 0.989. The standard InChI is InChI=1S/C16H27O2PS/c1-15(2,3)12-17-19(20,18-13-16(4,5)6)14-10-8-7-9-11-14/h7-11H,12-13H2,1-6H3. The van der Waals surface area contributed by atoms with Gasteiger partial charge in [0.15, 0.2) is 0 Å². The zero-order valence-corrected chi connectivity index (χ0v) is 15.2. The monoisotopic (exact) mass is 314 g/mol. The molecule has 0 saturated carbocycles. The van der Waals surface area contributed by atoms with Crippen LogP contribution in [0.25, 0.3) is 0 Å². The molecule has 0 atom stereocenters. The Morgan fingerprint density at radius 2 is 1.25 bits per heavy atom. The van der Waals surface area contributed by atoms with Gasteiger partial charge in [0.1, 0.15) is 0 Å². The average molecular weight is 314 g/mol. The van der Waals surface area contributed by atoms with Crippen LogP contribution < -0.4 is 5.30 Å². The third-order valence-electron chi connectivity index (χ3n) is 2.41. The van der Waals surface area contributed by atoms with Crippen LogP contribution in [-0.4, -0.2) is 13.2 Å². The second kappa shape index (κ2) is 6.70. The summed E-state index contributed by atoms with van der Waals surface area (Å²) in [6.07, 6.45) is 0. The summed E-state index contributed by atoms with van der Waals surface area (Å²) in [4.78, 5) is 0. The van der Waals surface area contributed by atoms with E-state index in [1.165, 1.54) is 0 Å². The van der Waals surface area contributed by atoms with E-state index < -0.39 is 6.49 Å². The first-order valence-corrected chi connectivity index (χ1v) is 9.60. The third-order valence-corrected chi connectivity index (χ3v) is 5.54. The first kappa shape index (κ1) is 17.8. The van der Waals surface area contributed by atoms with Crippen LogP contribution in [0.1, 0.15) is 41.5 Å². The molecule has 114 valence electrons. The molecule has 0 saturated heterocycles. The fraction of sp³-hybridized carbons (Fsp3) is 0.625. The van der Waals surface area contributed by atoms with Crippen LogP contribution >= 0.6 is 6.49 Å². The van der Waals surface area contributed by atoms with Gasteiger partial charge in [-0.25, -0.2) is 0 Å². The Morgan fingerprint density at radius 3 is 1.60 bits per heavy atom. The smallest absolute Gasteiger partial charge is 0.219 e. The summed E-state index contributed by atoms with van der Waals surface area (Å²) in [5.74, 6) is 0. The van der Waals surface area contributed by atoms with Crippen LogP contribution in [0.5, 0.6) is 0 Å². The van der Waals surface area contributed by atoms with Gasteiger partial charge in [-0.2, -0.15) is 0 Å². The Hall–Kier alpha value is -0.210. The molecular formula is C16H27O2PS. The Morgan fingerprint density at radius 1 is 0.850 bits per heavy atom. The molecule has 0 aliphatic heterocycles. The minimum Gasteiger partial charge on any atom is -0.325 e. The van der Waals surface area contributed by atoms with Gasteiger partial charge in [0.2, 0.25) is 6.49 Å². The molecule has 0 aliphatic rings. The molecule has 0 heterocycles. The van der Waals surface area contributed by atoms with Crippen molar-refractivity contribution in [2.24, 2.45) is 10.8 Å². The van der Waals surface area contributed by atoms with E-state index in [0.717, 1.165) is 5.30 Å². The van der Waals surface area contributed by atoms with Crippen molar-refractivity contribution in [3.63, 3.8) is 0 Å². The Kier molecular flexibility index (Phi) is 5.98. The second-order valence-electron chi connectivity index (χ2n) is 7.50. The SMILES string of the molecule is CC(C)(C)COP(=S)(OCC(C)(C)C)c1ccccc1. The predicted octanol–water partition coefficient (Wildman–Crippen LogP) is 4.75. The number of rotatable bonds is 5. The number of benzene rings is 1. The zero-order chi connectivity index (χ0) is 15.4. The van der Waals surface area contributed by atoms with Crippen molar-refractivity contribution in [1.82, 2.24) is 0 Å². The molecule has 0 bridgehead atoms. The van der Waals surface area contributed by atoms with Gasteiger partial charge in [-0.3, -0.25) is 0 Å². The molecule has 1 aromatic carbocycles. The Balaban J connectivity index is 2.92. The molecule has 4 heteroatoms. The quantitative estimate of drug-likeness (QED) is 0.731. The van der Waals surface area contributed by atoms with Crippen LogP contribution in [0.15, 0.2) is 30.3 Å². The van der Waals surface area contributed by atoms with Crippen molar-refractivity contribution in [1.29, 1.82) is 0 Å². The van der Waals surface area contributed by atoms with Gasteiger partial charge in [0.05, 0.1) is 13.2 Å². The fourth-order valence-electron chi connectivity index (χ4n) is 1.35. The maximum Gasteiger partial charge on any atom is 0.219 e. The Bertz CT molecular complexity index is 436. The van der Waals surface area contributed by atoms with Crippen LogP contribution in [0.3, 0.4) is 0 Å². The molecule has 2 nitrogen and oxygen atoms in total. The Labute approximate surface area is 129 Å². The van der Waals surface area contributed by atoms with Crippen molar-refractivity contribution in [2.75, 3.05) is 13.2 Å². The van der Waals surface area contributed by atoms with Crippen molar-refractivity contribution < 1.29 is 9.05 Å². The highest BCUT2D eigenvalue weighted by Crippen LogP contribution is 2.49. The molecule has 0 aliphatic carbocycles. The summed E-state index contributed by atoms with van der Waals surface area (Å²) >= 11 is 5.77. The lowest BCUT2D eigenvalue weighted by molar-refractivity contribution is 0.152. The maximum atomic E-state index is 6.08. The first-order valence-electron chi connectivity index (χ1n) is 6.97. The second-order valence-corrected chi connectivity index (χ2v) is 11.0. The average Bonchev–Trinajstić information content (AvgIpc) is 2.33. The van der Waals surface area contributed by atoms with E-state index in [0.29, 0.717) is 13.2 Å². The molecule has 0 amide bonds. The zero-order valence-electron chi connectivity index (χ0n) is 13.5. The van der Waals surface area contributed by atoms with E-state index in [1.807, 2.05) is 30.3 Å². The molecular weight excluding hydrogens is 287 g/mol. The molecule has 0 N–H and O–H groups in total. The first-order chi connectivity index (χ1) is 9.02.